The topological polar surface area (TPSA) is 72.9 Å². The summed E-state index contributed by atoms with van der Waals surface area (Å²) in [5, 5.41) is 12.2. The van der Waals surface area contributed by atoms with Crippen LogP contribution in [0.3, 0.4) is 0 Å². The molecule has 0 unspecified atom stereocenters. The van der Waals surface area contributed by atoms with E-state index in [-0.39, 0.29) is 12.0 Å². The van der Waals surface area contributed by atoms with Crippen LogP contribution in [0, 0.1) is 5.41 Å². The second-order valence-electron chi connectivity index (χ2n) is 6.24. The van der Waals surface area contributed by atoms with E-state index in [1.807, 2.05) is 9.80 Å². The fourth-order valence-corrected chi connectivity index (χ4v) is 3.59. The van der Waals surface area contributed by atoms with Gasteiger partial charge < -0.3 is 15.3 Å². The van der Waals surface area contributed by atoms with Gasteiger partial charge >= 0.3 is 5.97 Å². The molecule has 2 aliphatic rings. The van der Waals surface area contributed by atoms with Crippen LogP contribution in [0.1, 0.15) is 32.6 Å². The number of hydrogen-bond acceptors (Lipinski definition) is 4. The van der Waals surface area contributed by atoms with Crippen molar-refractivity contribution < 1.29 is 14.7 Å². The summed E-state index contributed by atoms with van der Waals surface area (Å²) in [6, 6.07) is 0. The lowest BCUT2D eigenvalue weighted by molar-refractivity contribution is -0.147. The molecule has 0 aromatic carbocycles. The zero-order valence-electron chi connectivity index (χ0n) is 12.9. The quantitative estimate of drug-likeness (QED) is 0.768. The van der Waals surface area contributed by atoms with Gasteiger partial charge in [0.1, 0.15) is 0 Å². The first-order valence-corrected chi connectivity index (χ1v) is 8.02. The first kappa shape index (κ1) is 16.2. The third-order valence-corrected chi connectivity index (χ3v) is 4.76. The Kier molecular flexibility index (Phi) is 5.58. The predicted molar refractivity (Wildman–Crippen MR) is 80.1 cm³/mol. The summed E-state index contributed by atoms with van der Waals surface area (Å²) in [6.07, 6.45) is 3.84. The SMILES string of the molecule is CCCC1(C(=O)N2CCN(CC(=O)O)CC2)CCNCC1. The maximum Gasteiger partial charge on any atom is 0.317 e. The van der Waals surface area contributed by atoms with Crippen LogP contribution < -0.4 is 5.32 Å². The van der Waals surface area contributed by atoms with E-state index in [2.05, 4.69) is 12.2 Å². The fraction of sp³-hybridized carbons (Fsp3) is 0.867. The van der Waals surface area contributed by atoms with Gasteiger partial charge in [0, 0.05) is 26.2 Å². The minimum Gasteiger partial charge on any atom is -0.480 e. The molecule has 0 aliphatic carbocycles. The lowest BCUT2D eigenvalue weighted by atomic mass is 9.74. The van der Waals surface area contributed by atoms with Gasteiger partial charge in [-0.15, -0.1) is 0 Å². The molecule has 0 spiro atoms. The van der Waals surface area contributed by atoms with E-state index in [4.69, 9.17) is 5.11 Å². The number of hydrogen-bond donors (Lipinski definition) is 2. The number of piperidine rings is 1. The number of carbonyl (C=O) groups excluding carboxylic acids is 1. The van der Waals surface area contributed by atoms with Crippen molar-refractivity contribution in [3.8, 4) is 0 Å². The maximum absolute atomic E-state index is 13.0. The molecule has 2 heterocycles. The molecule has 6 heteroatoms. The summed E-state index contributed by atoms with van der Waals surface area (Å²) >= 11 is 0. The van der Waals surface area contributed by atoms with E-state index in [1.54, 1.807) is 0 Å². The first-order valence-electron chi connectivity index (χ1n) is 8.02. The molecule has 0 bridgehead atoms. The van der Waals surface area contributed by atoms with Gasteiger partial charge in [0.15, 0.2) is 0 Å². The largest absolute Gasteiger partial charge is 0.480 e. The van der Waals surface area contributed by atoms with Crippen molar-refractivity contribution in [2.45, 2.75) is 32.6 Å². The average Bonchev–Trinajstić information content (AvgIpc) is 2.48. The van der Waals surface area contributed by atoms with Gasteiger partial charge in [-0.1, -0.05) is 13.3 Å². The molecular formula is C15H27N3O3. The summed E-state index contributed by atoms with van der Waals surface area (Å²) in [5.41, 5.74) is -0.186. The average molecular weight is 297 g/mol. The van der Waals surface area contributed by atoms with E-state index in [0.29, 0.717) is 32.1 Å². The normalized spacial score (nSPS) is 23.0. The number of carboxylic acids is 1. The van der Waals surface area contributed by atoms with Crippen LogP contribution in [0.4, 0.5) is 0 Å². The molecule has 0 atom stereocenters. The molecule has 2 saturated heterocycles. The monoisotopic (exact) mass is 297 g/mol. The molecule has 2 aliphatic heterocycles. The van der Waals surface area contributed by atoms with E-state index in [1.165, 1.54) is 0 Å². The van der Waals surface area contributed by atoms with Crippen molar-refractivity contribution in [1.82, 2.24) is 15.1 Å². The van der Waals surface area contributed by atoms with Gasteiger partial charge in [0.2, 0.25) is 5.91 Å². The summed E-state index contributed by atoms with van der Waals surface area (Å²) in [5.74, 6) is -0.503. The molecule has 0 aromatic heterocycles. The van der Waals surface area contributed by atoms with Crippen LogP contribution in [0.5, 0.6) is 0 Å². The number of rotatable bonds is 5. The molecule has 6 nitrogen and oxygen atoms in total. The van der Waals surface area contributed by atoms with Crippen LogP contribution in [-0.2, 0) is 9.59 Å². The minimum absolute atomic E-state index is 0.0754. The second-order valence-corrected chi connectivity index (χ2v) is 6.24. The van der Waals surface area contributed by atoms with Gasteiger partial charge in [-0.2, -0.15) is 0 Å². The molecular weight excluding hydrogens is 270 g/mol. The van der Waals surface area contributed by atoms with Gasteiger partial charge in [0.05, 0.1) is 12.0 Å². The van der Waals surface area contributed by atoms with Crippen LogP contribution in [0.15, 0.2) is 0 Å². The van der Waals surface area contributed by atoms with E-state index in [0.717, 1.165) is 38.8 Å². The second kappa shape index (κ2) is 7.22. The molecule has 120 valence electrons. The van der Waals surface area contributed by atoms with Crippen molar-refractivity contribution >= 4 is 11.9 Å². The summed E-state index contributed by atoms with van der Waals surface area (Å²) in [6.45, 7) is 6.70. The number of carbonyl (C=O) groups is 2. The molecule has 21 heavy (non-hydrogen) atoms. The van der Waals surface area contributed by atoms with Crippen molar-refractivity contribution in [3.63, 3.8) is 0 Å². The molecule has 2 fully saturated rings. The van der Waals surface area contributed by atoms with Gasteiger partial charge in [-0.05, 0) is 32.4 Å². The van der Waals surface area contributed by atoms with Gasteiger partial charge in [0.25, 0.3) is 0 Å². The lowest BCUT2D eigenvalue weighted by Crippen LogP contribution is -2.55. The molecule has 2 rings (SSSR count). The third kappa shape index (κ3) is 3.95. The number of nitrogens with one attached hydrogen (secondary N) is 1. The zero-order valence-corrected chi connectivity index (χ0v) is 12.9. The summed E-state index contributed by atoms with van der Waals surface area (Å²) in [7, 11) is 0. The van der Waals surface area contributed by atoms with Gasteiger partial charge in [-0.25, -0.2) is 0 Å². The van der Waals surface area contributed by atoms with E-state index in [9.17, 15) is 9.59 Å². The zero-order chi connectivity index (χ0) is 15.3. The van der Waals surface area contributed by atoms with E-state index < -0.39 is 5.97 Å². The standard InChI is InChI=1S/C15H27N3O3/c1-2-3-15(4-6-16-7-5-15)14(21)18-10-8-17(9-11-18)12-13(19)20/h16H,2-12H2,1H3,(H,19,20). The number of nitrogens with zero attached hydrogens (tertiary/aromatic N) is 2. The lowest BCUT2D eigenvalue weighted by Gasteiger charge is -2.43. The number of carboxylic acid groups (broad SMARTS) is 1. The number of aliphatic carboxylic acids is 1. The Morgan fingerprint density at radius 2 is 1.76 bits per heavy atom. The van der Waals surface area contributed by atoms with Crippen molar-refractivity contribution in [1.29, 1.82) is 0 Å². The molecule has 1 amide bonds. The molecule has 0 aromatic rings. The Hall–Kier alpha value is -1.14. The minimum atomic E-state index is -0.796. The number of piperazine rings is 1. The smallest absolute Gasteiger partial charge is 0.317 e. The Morgan fingerprint density at radius 3 is 2.29 bits per heavy atom. The number of amides is 1. The fourth-order valence-electron chi connectivity index (χ4n) is 3.59. The van der Waals surface area contributed by atoms with Crippen molar-refractivity contribution in [2.24, 2.45) is 5.41 Å². The molecule has 0 saturated carbocycles. The van der Waals surface area contributed by atoms with Crippen LogP contribution in [0.2, 0.25) is 0 Å². The first-order chi connectivity index (χ1) is 10.1. The Morgan fingerprint density at radius 1 is 1.14 bits per heavy atom. The predicted octanol–water partition coefficient (Wildman–Crippen LogP) is 0.385. The van der Waals surface area contributed by atoms with Gasteiger partial charge in [-0.3, -0.25) is 14.5 Å². The highest BCUT2D eigenvalue weighted by Crippen LogP contribution is 2.36. The Balaban J connectivity index is 1.94. The van der Waals surface area contributed by atoms with Crippen LogP contribution >= 0.6 is 0 Å². The maximum atomic E-state index is 13.0. The summed E-state index contributed by atoms with van der Waals surface area (Å²) < 4.78 is 0. The Bertz CT molecular complexity index is 367. The Labute approximate surface area is 126 Å². The van der Waals surface area contributed by atoms with Crippen LogP contribution in [-0.4, -0.2) is 72.6 Å². The van der Waals surface area contributed by atoms with Crippen LogP contribution in [0.25, 0.3) is 0 Å². The highest BCUT2D eigenvalue weighted by atomic mass is 16.4. The highest BCUT2D eigenvalue weighted by Gasteiger charge is 2.41. The molecule has 0 radical (unpaired) electrons. The van der Waals surface area contributed by atoms with Crippen molar-refractivity contribution in [2.75, 3.05) is 45.8 Å². The summed E-state index contributed by atoms with van der Waals surface area (Å²) in [4.78, 5) is 27.6. The van der Waals surface area contributed by atoms with E-state index >= 15 is 0 Å². The van der Waals surface area contributed by atoms with Crippen molar-refractivity contribution in [3.05, 3.63) is 0 Å². The molecule has 2 N–H and O–H groups in total. The highest BCUT2D eigenvalue weighted by molar-refractivity contribution is 5.83. The third-order valence-electron chi connectivity index (χ3n) is 4.76.